The van der Waals surface area contributed by atoms with E-state index in [4.69, 9.17) is 19.5 Å². The van der Waals surface area contributed by atoms with E-state index in [1.807, 2.05) is 37.5 Å². The van der Waals surface area contributed by atoms with E-state index in [1.165, 1.54) is 5.56 Å². The Morgan fingerprint density at radius 2 is 1.61 bits per heavy atom. The fraction of sp³-hybridized carbons (Fsp3) is 0.564. The van der Waals surface area contributed by atoms with Gasteiger partial charge in [0.2, 0.25) is 8.32 Å². The van der Waals surface area contributed by atoms with Crippen molar-refractivity contribution in [3.63, 3.8) is 0 Å². The van der Waals surface area contributed by atoms with Crippen LogP contribution >= 0.6 is 0 Å². The second kappa shape index (κ2) is 13.8. The largest absolute Gasteiger partial charge is 0.598 e. The topological polar surface area (TPSA) is 90.6 Å². The molecular formula is C39H56N6O2SSi. The number of aromatic nitrogens is 4. The highest BCUT2D eigenvalue weighted by Crippen LogP contribution is 2.53. The molecule has 8 nitrogen and oxygen atoms in total. The lowest BCUT2D eigenvalue weighted by Gasteiger charge is -2.44. The highest BCUT2D eigenvalue weighted by atomic mass is 32.2. The van der Waals surface area contributed by atoms with Crippen LogP contribution in [0.2, 0.25) is 16.6 Å². The highest BCUT2D eigenvalue weighted by Gasteiger charge is 2.52. The van der Waals surface area contributed by atoms with Gasteiger partial charge in [0.25, 0.3) is 0 Å². The van der Waals surface area contributed by atoms with Gasteiger partial charge in [0, 0.05) is 41.1 Å². The Bertz CT molecular complexity index is 1740. The third-order valence-corrected chi connectivity index (χ3v) is 18.9. The SMILES string of the molecule is Cc1nc(N2CCC3(CC2)Cc2nc(CO[Si](C(C)C)(C(C)C)C(C)C)ccc2[C@H]3N[S+]([O-])C(C)(C)C)c2ccnn2c1-c1ccccc1. The fourth-order valence-corrected chi connectivity index (χ4v) is 15.2. The summed E-state index contributed by atoms with van der Waals surface area (Å²) in [5.74, 6) is 0.980. The number of pyridine rings is 1. The molecule has 1 fully saturated rings. The lowest BCUT2D eigenvalue weighted by Crippen LogP contribution is -2.50. The molecule has 0 amide bonds. The average Bonchev–Trinajstić information content (AvgIpc) is 3.64. The standard InChI is InChI=1S/C39H56N6O2SSi/c1-26(2)49(27(3)4,28(5)6)47-25-31-16-17-32-33(42-31)24-39(36(32)43-48(46)38(8,9)10)19-22-44(23-20-39)37-34-18-21-40-45(34)35(29(7)41-37)30-14-12-11-13-15-30/h11-18,21,26-28,36,43H,19-20,22-25H2,1-10H3/t36-,48?/m1/s1. The molecular weight excluding hydrogens is 645 g/mol. The van der Waals surface area contributed by atoms with Gasteiger partial charge in [-0.2, -0.15) is 5.10 Å². The van der Waals surface area contributed by atoms with Crippen LogP contribution in [0, 0.1) is 12.3 Å². The Balaban J connectivity index is 1.28. The Hall–Kier alpha value is -2.76. The van der Waals surface area contributed by atoms with Crippen molar-refractivity contribution >= 4 is 31.0 Å². The molecule has 49 heavy (non-hydrogen) atoms. The lowest BCUT2D eigenvalue weighted by molar-refractivity contribution is 0.175. The van der Waals surface area contributed by atoms with Gasteiger partial charge >= 0.3 is 0 Å². The van der Waals surface area contributed by atoms with Gasteiger partial charge in [0.15, 0.2) is 5.82 Å². The zero-order valence-electron chi connectivity index (χ0n) is 31.2. The molecule has 1 aromatic carbocycles. The van der Waals surface area contributed by atoms with E-state index < -0.39 is 19.7 Å². The Morgan fingerprint density at radius 1 is 0.959 bits per heavy atom. The molecule has 10 heteroatoms. The predicted molar refractivity (Wildman–Crippen MR) is 205 cm³/mol. The van der Waals surface area contributed by atoms with Gasteiger partial charge in [-0.25, -0.2) is 9.50 Å². The monoisotopic (exact) mass is 700 g/mol. The number of hydrogen-bond acceptors (Lipinski definition) is 7. The van der Waals surface area contributed by atoms with Crippen molar-refractivity contribution in [1.82, 2.24) is 24.3 Å². The molecule has 1 aliphatic heterocycles. The van der Waals surface area contributed by atoms with Crippen molar-refractivity contribution in [2.45, 2.75) is 123 Å². The summed E-state index contributed by atoms with van der Waals surface area (Å²) in [6.07, 6.45) is 4.63. The van der Waals surface area contributed by atoms with Crippen LogP contribution in [0.4, 0.5) is 5.82 Å². The summed E-state index contributed by atoms with van der Waals surface area (Å²) in [5.41, 5.74) is 8.92. The summed E-state index contributed by atoms with van der Waals surface area (Å²) in [7, 11) is -2.02. The number of anilines is 1. The molecule has 4 aromatic rings. The van der Waals surface area contributed by atoms with Gasteiger partial charge in [-0.1, -0.05) is 77.9 Å². The fourth-order valence-electron chi connectivity index (χ4n) is 8.84. The molecule has 1 spiro atoms. The van der Waals surface area contributed by atoms with Gasteiger partial charge in [0.05, 0.1) is 35.9 Å². The minimum absolute atomic E-state index is 0.0345. The summed E-state index contributed by atoms with van der Waals surface area (Å²) < 4.78 is 25.9. The minimum atomic E-state index is -2.02. The summed E-state index contributed by atoms with van der Waals surface area (Å²) in [4.78, 5) is 12.9. The van der Waals surface area contributed by atoms with E-state index in [0.29, 0.717) is 23.2 Å². The van der Waals surface area contributed by atoms with Crippen LogP contribution in [0.25, 0.3) is 16.8 Å². The van der Waals surface area contributed by atoms with Crippen LogP contribution in [0.5, 0.6) is 0 Å². The molecule has 6 rings (SSSR count). The third-order valence-electron chi connectivity index (χ3n) is 11.3. The van der Waals surface area contributed by atoms with Crippen molar-refractivity contribution in [2.75, 3.05) is 18.0 Å². The van der Waals surface area contributed by atoms with Gasteiger partial charge in [-0.05, 0) is 81.3 Å². The van der Waals surface area contributed by atoms with Gasteiger partial charge in [-0.15, -0.1) is 4.72 Å². The number of hydrogen-bond donors (Lipinski definition) is 1. The first kappa shape index (κ1) is 36.0. The molecule has 264 valence electrons. The molecule has 1 saturated heterocycles. The maximum atomic E-state index is 13.7. The Kier molecular flexibility index (Phi) is 10.1. The summed E-state index contributed by atoms with van der Waals surface area (Å²) in [5, 5.41) is 4.73. The molecule has 2 atom stereocenters. The van der Waals surface area contributed by atoms with Gasteiger partial charge < -0.3 is 13.9 Å². The number of nitrogens with one attached hydrogen (secondary N) is 1. The molecule has 0 bridgehead atoms. The van der Waals surface area contributed by atoms with Crippen LogP contribution < -0.4 is 9.62 Å². The second-order valence-electron chi connectivity index (χ2n) is 16.3. The van der Waals surface area contributed by atoms with E-state index in [2.05, 4.69) is 101 Å². The van der Waals surface area contributed by atoms with Crippen molar-refractivity contribution in [3.8, 4) is 11.3 Å². The average molecular weight is 701 g/mol. The van der Waals surface area contributed by atoms with E-state index in [1.54, 1.807) is 0 Å². The molecule has 2 aliphatic rings. The van der Waals surface area contributed by atoms with Crippen molar-refractivity contribution in [3.05, 3.63) is 77.4 Å². The smallest absolute Gasteiger partial charge is 0.200 e. The number of benzene rings is 1. The number of rotatable bonds is 10. The highest BCUT2D eigenvalue weighted by molar-refractivity contribution is 7.90. The molecule has 0 radical (unpaired) electrons. The molecule has 1 N–H and O–H groups in total. The summed E-state index contributed by atoms with van der Waals surface area (Å²) in [6, 6.07) is 16.8. The first-order valence-electron chi connectivity index (χ1n) is 18.1. The normalized spacial score (nSPS) is 18.7. The second-order valence-corrected chi connectivity index (χ2v) is 23.7. The summed E-state index contributed by atoms with van der Waals surface area (Å²) >= 11 is -1.21. The Morgan fingerprint density at radius 3 is 2.22 bits per heavy atom. The predicted octanol–water partition coefficient (Wildman–Crippen LogP) is 8.73. The molecule has 0 saturated carbocycles. The molecule has 3 aromatic heterocycles. The van der Waals surface area contributed by atoms with Crippen molar-refractivity contribution < 1.29 is 8.98 Å². The van der Waals surface area contributed by atoms with Crippen LogP contribution in [0.3, 0.4) is 0 Å². The lowest BCUT2D eigenvalue weighted by atomic mass is 9.73. The Labute approximate surface area is 297 Å². The quantitative estimate of drug-likeness (QED) is 0.131. The number of fused-ring (bicyclic) bond motifs is 2. The van der Waals surface area contributed by atoms with E-state index >= 15 is 0 Å². The van der Waals surface area contributed by atoms with Crippen molar-refractivity contribution in [2.24, 2.45) is 5.41 Å². The van der Waals surface area contributed by atoms with Gasteiger partial charge in [0.1, 0.15) is 10.3 Å². The zero-order chi connectivity index (χ0) is 35.3. The maximum absolute atomic E-state index is 13.7. The summed E-state index contributed by atoms with van der Waals surface area (Å²) in [6.45, 7) is 24.4. The van der Waals surface area contributed by atoms with Crippen LogP contribution in [0.1, 0.15) is 104 Å². The molecule has 1 aliphatic carbocycles. The van der Waals surface area contributed by atoms with Gasteiger partial charge in [-0.3, -0.25) is 4.98 Å². The molecule has 1 unspecified atom stereocenters. The van der Waals surface area contributed by atoms with E-state index in [9.17, 15) is 4.55 Å². The van der Waals surface area contributed by atoms with E-state index in [-0.39, 0.29) is 16.2 Å². The van der Waals surface area contributed by atoms with Crippen LogP contribution in [-0.4, -0.2) is 50.3 Å². The minimum Gasteiger partial charge on any atom is -0.598 e. The van der Waals surface area contributed by atoms with Crippen molar-refractivity contribution in [1.29, 1.82) is 0 Å². The molecule has 4 heterocycles. The van der Waals surface area contributed by atoms with Crippen LogP contribution in [0.15, 0.2) is 54.7 Å². The first-order chi connectivity index (χ1) is 23.2. The van der Waals surface area contributed by atoms with E-state index in [0.717, 1.165) is 72.0 Å². The number of nitrogens with zero attached hydrogens (tertiary/aromatic N) is 5. The zero-order valence-corrected chi connectivity index (χ0v) is 33.0. The maximum Gasteiger partial charge on any atom is 0.200 e. The first-order valence-corrected chi connectivity index (χ1v) is 21.4. The third kappa shape index (κ3) is 6.60. The number of piperidine rings is 1. The number of aryl methyl sites for hydroxylation is 1. The van der Waals surface area contributed by atoms with Crippen LogP contribution in [-0.2, 0) is 28.8 Å².